The van der Waals surface area contributed by atoms with E-state index in [2.05, 4.69) is 32.2 Å². The second-order valence-electron chi connectivity index (χ2n) is 8.32. The van der Waals surface area contributed by atoms with Crippen LogP contribution in [0.4, 0.5) is 4.39 Å². The molecule has 0 aliphatic carbocycles. The number of rotatable bonds is 5. The number of nitrogens with zero attached hydrogens (tertiary/aromatic N) is 2. The van der Waals surface area contributed by atoms with Crippen molar-refractivity contribution in [3.8, 4) is 11.1 Å². The quantitative estimate of drug-likeness (QED) is 0.404. The Morgan fingerprint density at radius 3 is 2.67 bits per heavy atom. The zero-order valence-corrected chi connectivity index (χ0v) is 19.4. The van der Waals surface area contributed by atoms with Crippen LogP contribution in [0.1, 0.15) is 36.1 Å². The number of ether oxygens (including phenoxy) is 1. The fourth-order valence-corrected chi connectivity index (χ4v) is 5.03. The Morgan fingerprint density at radius 1 is 1.15 bits per heavy atom. The third-order valence-corrected chi connectivity index (χ3v) is 6.72. The van der Waals surface area contributed by atoms with Crippen molar-refractivity contribution >= 4 is 26.8 Å². The average Bonchev–Trinajstić information content (AvgIpc) is 3.24. The van der Waals surface area contributed by atoms with E-state index in [1.165, 1.54) is 16.7 Å². The molecule has 2 aromatic carbocycles. The molecule has 33 heavy (non-hydrogen) atoms. The Bertz CT molecular complexity index is 1340. The summed E-state index contributed by atoms with van der Waals surface area (Å²) in [5.41, 5.74) is 3.93. The number of benzene rings is 2. The molecule has 1 saturated heterocycles. The van der Waals surface area contributed by atoms with Gasteiger partial charge in [0.05, 0.1) is 23.9 Å². The number of aliphatic hydroxyl groups excluding tert-OH is 1. The SMILES string of the molecule is O=c1cc(-c2ccc3[nH]nc(C4CCOCC4)c3c2)ccn1[C@H](CO)c1cc(F)cc(Br)c1. The molecule has 0 spiro atoms. The molecule has 1 aliphatic heterocycles. The van der Waals surface area contributed by atoms with E-state index >= 15 is 0 Å². The summed E-state index contributed by atoms with van der Waals surface area (Å²) in [6.45, 7) is 1.15. The molecule has 1 atom stereocenters. The van der Waals surface area contributed by atoms with Gasteiger partial charge in [-0.05, 0) is 65.9 Å². The highest BCUT2D eigenvalue weighted by atomic mass is 79.9. The molecule has 0 saturated carbocycles. The van der Waals surface area contributed by atoms with Crippen molar-refractivity contribution in [3.05, 3.63) is 86.6 Å². The maximum absolute atomic E-state index is 13.9. The van der Waals surface area contributed by atoms with E-state index in [-0.39, 0.29) is 12.2 Å². The molecule has 4 aromatic rings. The van der Waals surface area contributed by atoms with Gasteiger partial charge in [-0.15, -0.1) is 0 Å². The minimum atomic E-state index is -0.685. The number of aromatic nitrogens is 3. The van der Waals surface area contributed by atoms with Gasteiger partial charge in [0.1, 0.15) is 5.82 Å². The number of nitrogens with one attached hydrogen (secondary N) is 1. The Kier molecular flexibility index (Phi) is 6.14. The van der Waals surface area contributed by atoms with Gasteiger partial charge in [-0.2, -0.15) is 5.10 Å². The highest BCUT2D eigenvalue weighted by Crippen LogP contribution is 2.33. The molecule has 2 N–H and O–H groups in total. The summed E-state index contributed by atoms with van der Waals surface area (Å²) in [5, 5.41) is 18.7. The summed E-state index contributed by atoms with van der Waals surface area (Å²) in [6.07, 6.45) is 3.54. The van der Waals surface area contributed by atoms with Gasteiger partial charge in [-0.1, -0.05) is 22.0 Å². The number of hydrogen-bond donors (Lipinski definition) is 2. The predicted octanol–water partition coefficient (Wildman–Crippen LogP) is 4.77. The van der Waals surface area contributed by atoms with E-state index in [9.17, 15) is 14.3 Å². The standard InChI is InChI=1S/C25H23BrFN3O3/c26-19-9-18(10-20(27)13-19)23(14-31)30-6-3-17(12-24(30)32)16-1-2-22-21(11-16)25(29-28-22)15-4-7-33-8-5-15/h1-3,6,9-13,15,23,31H,4-5,7-8,14H2,(H,28,29)/t23-/m1/s1. The van der Waals surface area contributed by atoms with E-state index < -0.39 is 11.9 Å². The molecule has 2 aromatic heterocycles. The van der Waals surface area contributed by atoms with Crippen LogP contribution in [0.15, 0.2) is 64.0 Å². The lowest BCUT2D eigenvalue weighted by Crippen LogP contribution is -2.27. The molecule has 3 heterocycles. The lowest BCUT2D eigenvalue weighted by Gasteiger charge is -2.20. The molecule has 0 amide bonds. The number of halogens is 2. The summed E-state index contributed by atoms with van der Waals surface area (Å²) >= 11 is 3.27. The molecule has 0 unspecified atom stereocenters. The zero-order valence-electron chi connectivity index (χ0n) is 17.8. The number of aliphatic hydroxyl groups is 1. The van der Waals surface area contributed by atoms with Crippen LogP contribution in [-0.4, -0.2) is 39.7 Å². The van der Waals surface area contributed by atoms with Crippen molar-refractivity contribution < 1.29 is 14.2 Å². The van der Waals surface area contributed by atoms with Crippen molar-refractivity contribution in [2.24, 2.45) is 0 Å². The summed E-state index contributed by atoms with van der Waals surface area (Å²) in [4.78, 5) is 13.0. The topological polar surface area (TPSA) is 80.1 Å². The number of hydrogen-bond acceptors (Lipinski definition) is 4. The van der Waals surface area contributed by atoms with Crippen LogP contribution in [0.3, 0.4) is 0 Å². The molecule has 8 heteroatoms. The van der Waals surface area contributed by atoms with E-state index in [1.54, 1.807) is 18.3 Å². The van der Waals surface area contributed by atoms with Gasteiger partial charge >= 0.3 is 0 Å². The molecule has 170 valence electrons. The molecule has 5 rings (SSSR count). The van der Waals surface area contributed by atoms with E-state index in [0.29, 0.717) is 16.0 Å². The summed E-state index contributed by atoms with van der Waals surface area (Å²) in [6, 6.07) is 13.1. The molecular weight excluding hydrogens is 489 g/mol. The van der Waals surface area contributed by atoms with Crippen LogP contribution >= 0.6 is 15.9 Å². The van der Waals surface area contributed by atoms with Crippen LogP contribution < -0.4 is 5.56 Å². The first-order valence-corrected chi connectivity index (χ1v) is 11.7. The first-order chi connectivity index (χ1) is 16.0. The van der Waals surface area contributed by atoms with Crippen LogP contribution in [-0.2, 0) is 4.74 Å². The zero-order chi connectivity index (χ0) is 22.9. The van der Waals surface area contributed by atoms with Gasteiger partial charge in [0, 0.05) is 41.3 Å². The van der Waals surface area contributed by atoms with Crippen LogP contribution in [0.2, 0.25) is 0 Å². The van der Waals surface area contributed by atoms with Crippen LogP contribution in [0.25, 0.3) is 22.0 Å². The lowest BCUT2D eigenvalue weighted by molar-refractivity contribution is 0.0847. The third kappa shape index (κ3) is 4.38. The Balaban J connectivity index is 1.50. The highest BCUT2D eigenvalue weighted by molar-refractivity contribution is 9.10. The summed E-state index contributed by atoms with van der Waals surface area (Å²) in [5.74, 6) is -0.0807. The maximum atomic E-state index is 13.9. The number of H-pyrrole nitrogens is 1. The molecule has 0 radical (unpaired) electrons. The van der Waals surface area contributed by atoms with E-state index in [1.807, 2.05) is 18.2 Å². The fourth-order valence-electron chi connectivity index (χ4n) is 4.54. The summed E-state index contributed by atoms with van der Waals surface area (Å²) < 4.78 is 21.3. The molecular formula is C25H23BrFN3O3. The van der Waals surface area contributed by atoms with Gasteiger partial charge < -0.3 is 14.4 Å². The first kappa shape index (κ1) is 22.0. The monoisotopic (exact) mass is 511 g/mol. The van der Waals surface area contributed by atoms with Crippen molar-refractivity contribution in [1.29, 1.82) is 0 Å². The highest BCUT2D eigenvalue weighted by Gasteiger charge is 2.21. The van der Waals surface area contributed by atoms with Crippen molar-refractivity contribution in [3.63, 3.8) is 0 Å². The van der Waals surface area contributed by atoms with Gasteiger partial charge in [0.15, 0.2) is 0 Å². The van der Waals surface area contributed by atoms with Crippen LogP contribution in [0.5, 0.6) is 0 Å². The van der Waals surface area contributed by atoms with Gasteiger partial charge in [-0.25, -0.2) is 4.39 Å². The van der Waals surface area contributed by atoms with Crippen molar-refractivity contribution in [2.45, 2.75) is 24.8 Å². The minimum Gasteiger partial charge on any atom is -0.394 e. The largest absolute Gasteiger partial charge is 0.394 e. The van der Waals surface area contributed by atoms with Crippen molar-refractivity contribution in [1.82, 2.24) is 14.8 Å². The normalized spacial score (nSPS) is 15.7. The second-order valence-corrected chi connectivity index (χ2v) is 9.23. The van der Waals surface area contributed by atoms with Gasteiger partial charge in [-0.3, -0.25) is 9.89 Å². The Hall–Kier alpha value is -2.81. The van der Waals surface area contributed by atoms with Crippen LogP contribution in [0, 0.1) is 5.82 Å². The van der Waals surface area contributed by atoms with Crippen molar-refractivity contribution in [2.75, 3.05) is 19.8 Å². The number of fused-ring (bicyclic) bond motifs is 1. The second kappa shape index (κ2) is 9.21. The van der Waals surface area contributed by atoms with Gasteiger partial charge in [0.25, 0.3) is 5.56 Å². The minimum absolute atomic E-state index is 0.274. The molecule has 1 aliphatic rings. The lowest BCUT2D eigenvalue weighted by atomic mass is 9.93. The van der Waals surface area contributed by atoms with E-state index in [0.717, 1.165) is 53.8 Å². The molecule has 6 nitrogen and oxygen atoms in total. The molecule has 1 fully saturated rings. The fraction of sp³-hybridized carbons (Fsp3) is 0.280. The smallest absolute Gasteiger partial charge is 0.251 e. The number of aromatic amines is 1. The van der Waals surface area contributed by atoms with E-state index in [4.69, 9.17) is 4.74 Å². The molecule has 0 bridgehead atoms. The predicted molar refractivity (Wildman–Crippen MR) is 128 cm³/mol. The summed E-state index contributed by atoms with van der Waals surface area (Å²) in [7, 11) is 0. The number of pyridine rings is 1. The first-order valence-electron chi connectivity index (χ1n) is 10.9. The third-order valence-electron chi connectivity index (χ3n) is 6.26. The van der Waals surface area contributed by atoms with Gasteiger partial charge in [0.2, 0.25) is 0 Å². The average molecular weight is 512 g/mol. The Morgan fingerprint density at radius 2 is 1.94 bits per heavy atom. The maximum Gasteiger partial charge on any atom is 0.251 e. The Labute approximate surface area is 198 Å².